The summed E-state index contributed by atoms with van der Waals surface area (Å²) < 4.78 is 26.0. The van der Waals surface area contributed by atoms with Gasteiger partial charge in [0.2, 0.25) is 0 Å². The van der Waals surface area contributed by atoms with Crippen LogP contribution >= 0.6 is 31.9 Å². The van der Waals surface area contributed by atoms with Crippen LogP contribution in [-0.4, -0.2) is 7.11 Å². The molecule has 0 atom stereocenters. The van der Waals surface area contributed by atoms with E-state index in [4.69, 9.17) is 9.47 Å². The van der Waals surface area contributed by atoms with E-state index in [1.54, 1.807) is 37.5 Å². The van der Waals surface area contributed by atoms with Crippen LogP contribution in [0, 0.1) is 17.1 Å². The Morgan fingerprint density at radius 1 is 1.07 bits per heavy atom. The number of nitrogens with zero attached hydrogens (tertiary/aromatic N) is 1. The van der Waals surface area contributed by atoms with Crippen LogP contribution in [0.3, 0.4) is 0 Å². The Labute approximate surface area is 185 Å². The lowest BCUT2D eigenvalue weighted by molar-refractivity contribution is 0.284. The van der Waals surface area contributed by atoms with E-state index in [0.29, 0.717) is 17.1 Å². The fourth-order valence-corrected chi connectivity index (χ4v) is 3.50. The van der Waals surface area contributed by atoms with E-state index in [1.807, 2.05) is 24.3 Å². The molecule has 0 spiro atoms. The SMILES string of the molecule is COc1cc(C=C(C#N)c2cccc(Br)c2)c(Br)cc1OCc1ccc(F)cc1. The van der Waals surface area contributed by atoms with Crippen LogP contribution in [0.4, 0.5) is 4.39 Å². The molecule has 0 aliphatic rings. The molecular formula is C23H16Br2FNO2. The van der Waals surface area contributed by atoms with Gasteiger partial charge in [0.1, 0.15) is 12.4 Å². The topological polar surface area (TPSA) is 42.2 Å². The van der Waals surface area contributed by atoms with E-state index in [9.17, 15) is 9.65 Å². The summed E-state index contributed by atoms with van der Waals surface area (Å²) in [6, 6.07) is 19.5. The van der Waals surface area contributed by atoms with Crippen molar-refractivity contribution in [3.63, 3.8) is 0 Å². The number of halogens is 3. The van der Waals surface area contributed by atoms with Crippen molar-refractivity contribution in [2.24, 2.45) is 0 Å². The lowest BCUT2D eigenvalue weighted by Crippen LogP contribution is -1.98. The number of hydrogen-bond acceptors (Lipinski definition) is 3. The van der Waals surface area contributed by atoms with Gasteiger partial charge >= 0.3 is 0 Å². The van der Waals surface area contributed by atoms with Gasteiger partial charge in [-0.15, -0.1) is 0 Å². The average Bonchev–Trinajstić information content (AvgIpc) is 2.72. The summed E-state index contributed by atoms with van der Waals surface area (Å²) in [4.78, 5) is 0. The van der Waals surface area contributed by atoms with Crippen molar-refractivity contribution in [1.82, 2.24) is 0 Å². The van der Waals surface area contributed by atoms with Crippen LogP contribution in [0.1, 0.15) is 16.7 Å². The third-order valence-electron chi connectivity index (χ3n) is 4.15. The summed E-state index contributed by atoms with van der Waals surface area (Å²) in [6.07, 6.45) is 1.79. The number of methoxy groups -OCH3 is 1. The van der Waals surface area contributed by atoms with Crippen molar-refractivity contribution in [3.8, 4) is 17.6 Å². The summed E-state index contributed by atoms with van der Waals surface area (Å²) >= 11 is 6.97. The summed E-state index contributed by atoms with van der Waals surface area (Å²) in [6.45, 7) is 0.278. The van der Waals surface area contributed by atoms with E-state index < -0.39 is 0 Å². The van der Waals surface area contributed by atoms with Crippen molar-refractivity contribution >= 4 is 43.5 Å². The second-order valence-electron chi connectivity index (χ2n) is 6.12. The standard InChI is InChI=1S/C23H16Br2FNO2/c1-28-22-11-17(9-18(13-27)16-3-2-4-19(24)10-16)21(25)12-23(22)29-14-15-5-7-20(26)8-6-15/h2-12H,14H2,1H3. The molecule has 3 aromatic rings. The highest BCUT2D eigenvalue weighted by molar-refractivity contribution is 9.10. The number of hydrogen-bond donors (Lipinski definition) is 0. The summed E-state index contributed by atoms with van der Waals surface area (Å²) in [7, 11) is 1.56. The smallest absolute Gasteiger partial charge is 0.162 e. The van der Waals surface area contributed by atoms with E-state index in [1.165, 1.54) is 12.1 Å². The monoisotopic (exact) mass is 515 g/mol. The zero-order valence-corrected chi connectivity index (χ0v) is 18.6. The Morgan fingerprint density at radius 3 is 2.48 bits per heavy atom. The van der Waals surface area contributed by atoms with Gasteiger partial charge in [-0.3, -0.25) is 0 Å². The number of ether oxygens (including phenoxy) is 2. The molecule has 6 heteroatoms. The highest BCUT2D eigenvalue weighted by Gasteiger charge is 2.11. The first-order valence-electron chi connectivity index (χ1n) is 8.62. The maximum atomic E-state index is 13.0. The molecule has 0 aromatic heterocycles. The molecule has 0 unspecified atom stereocenters. The maximum Gasteiger partial charge on any atom is 0.162 e. The van der Waals surface area contributed by atoms with Crippen molar-refractivity contribution < 1.29 is 13.9 Å². The van der Waals surface area contributed by atoms with Crippen LogP contribution in [-0.2, 0) is 6.61 Å². The van der Waals surface area contributed by atoms with Crippen molar-refractivity contribution in [2.75, 3.05) is 7.11 Å². The molecule has 3 aromatic carbocycles. The molecule has 146 valence electrons. The van der Waals surface area contributed by atoms with Gasteiger partial charge in [0.25, 0.3) is 0 Å². The Morgan fingerprint density at radius 2 is 1.83 bits per heavy atom. The van der Waals surface area contributed by atoms with E-state index in [-0.39, 0.29) is 12.4 Å². The predicted molar refractivity (Wildman–Crippen MR) is 119 cm³/mol. The maximum absolute atomic E-state index is 13.0. The third kappa shape index (κ3) is 5.47. The number of rotatable bonds is 6. The van der Waals surface area contributed by atoms with Crippen LogP contribution in [0.25, 0.3) is 11.6 Å². The molecule has 29 heavy (non-hydrogen) atoms. The van der Waals surface area contributed by atoms with Crippen LogP contribution in [0.5, 0.6) is 11.5 Å². The van der Waals surface area contributed by atoms with Gasteiger partial charge in [0.05, 0.1) is 18.8 Å². The zero-order valence-electron chi connectivity index (χ0n) is 15.5. The van der Waals surface area contributed by atoms with Gasteiger partial charge in [-0.05, 0) is 59.2 Å². The molecule has 3 nitrogen and oxygen atoms in total. The first-order valence-corrected chi connectivity index (χ1v) is 10.2. The lowest BCUT2D eigenvalue weighted by atomic mass is 10.0. The molecule has 0 saturated heterocycles. The molecule has 0 N–H and O–H groups in total. The molecular weight excluding hydrogens is 501 g/mol. The Kier molecular flexibility index (Phi) is 7.08. The zero-order chi connectivity index (χ0) is 20.8. The van der Waals surface area contributed by atoms with Gasteiger partial charge in [0.15, 0.2) is 11.5 Å². The third-order valence-corrected chi connectivity index (χ3v) is 5.33. The summed E-state index contributed by atoms with van der Waals surface area (Å²) in [5.74, 6) is 0.791. The Bertz CT molecular complexity index is 1090. The van der Waals surface area contributed by atoms with Crippen LogP contribution < -0.4 is 9.47 Å². The number of benzene rings is 3. The minimum absolute atomic E-state index is 0.278. The average molecular weight is 517 g/mol. The largest absolute Gasteiger partial charge is 0.493 e. The molecule has 0 aliphatic heterocycles. The van der Waals surface area contributed by atoms with E-state index in [2.05, 4.69) is 37.9 Å². The summed E-state index contributed by atoms with van der Waals surface area (Å²) in [5, 5.41) is 9.60. The molecule has 0 amide bonds. The number of nitriles is 1. The van der Waals surface area contributed by atoms with Gasteiger partial charge in [-0.2, -0.15) is 5.26 Å². The highest BCUT2D eigenvalue weighted by atomic mass is 79.9. The van der Waals surface area contributed by atoms with Crippen molar-refractivity contribution in [1.29, 1.82) is 5.26 Å². The van der Waals surface area contributed by atoms with Crippen LogP contribution in [0.2, 0.25) is 0 Å². The molecule has 3 rings (SSSR count). The predicted octanol–water partition coefficient (Wildman–Crippen LogP) is 7.00. The fourth-order valence-electron chi connectivity index (χ4n) is 2.67. The van der Waals surface area contributed by atoms with Gasteiger partial charge in [0, 0.05) is 8.95 Å². The molecule has 0 bridgehead atoms. The Balaban J connectivity index is 1.89. The van der Waals surface area contributed by atoms with Crippen LogP contribution in [0.15, 0.2) is 69.6 Å². The molecule has 0 aliphatic carbocycles. The second-order valence-corrected chi connectivity index (χ2v) is 7.89. The molecule has 0 fully saturated rings. The highest BCUT2D eigenvalue weighted by Crippen LogP contribution is 2.36. The summed E-state index contributed by atoms with van der Waals surface area (Å²) in [5.41, 5.74) is 2.96. The van der Waals surface area contributed by atoms with E-state index in [0.717, 1.165) is 25.6 Å². The van der Waals surface area contributed by atoms with Crippen molar-refractivity contribution in [3.05, 3.63) is 92.1 Å². The number of allylic oxidation sites excluding steroid dienone is 1. The first-order chi connectivity index (χ1) is 14.0. The van der Waals surface area contributed by atoms with Gasteiger partial charge in [-0.1, -0.05) is 56.1 Å². The van der Waals surface area contributed by atoms with E-state index >= 15 is 0 Å². The van der Waals surface area contributed by atoms with Crippen molar-refractivity contribution in [2.45, 2.75) is 6.61 Å². The quantitative estimate of drug-likeness (QED) is 0.261. The molecule has 0 heterocycles. The second kappa shape index (κ2) is 9.73. The minimum Gasteiger partial charge on any atom is -0.493 e. The lowest BCUT2D eigenvalue weighted by Gasteiger charge is -2.13. The van der Waals surface area contributed by atoms with Gasteiger partial charge < -0.3 is 9.47 Å². The fraction of sp³-hybridized carbons (Fsp3) is 0.0870. The minimum atomic E-state index is -0.288. The first kappa shape index (κ1) is 21.1. The Hall–Kier alpha value is -2.62. The molecule has 0 radical (unpaired) electrons. The molecule has 0 saturated carbocycles. The normalized spacial score (nSPS) is 11.1. The van der Waals surface area contributed by atoms with Gasteiger partial charge in [-0.25, -0.2) is 4.39 Å².